The predicted molar refractivity (Wildman–Crippen MR) is 261 cm³/mol. The minimum absolute atomic E-state index is 0.868. The maximum absolute atomic E-state index is 6.34. The van der Waals surface area contributed by atoms with Gasteiger partial charge in [-0.2, -0.15) is 0 Å². The Morgan fingerprint density at radius 1 is 0.258 bits per heavy atom. The Morgan fingerprint density at radius 3 is 1.39 bits per heavy atom. The molecule has 11 aromatic rings. The number of benzene rings is 10. The molecule has 0 unspecified atom stereocenters. The molecule has 10 aromatic carbocycles. The first kappa shape index (κ1) is 36.8. The van der Waals surface area contributed by atoms with Crippen molar-refractivity contribution in [3.8, 4) is 66.8 Å². The van der Waals surface area contributed by atoms with Crippen LogP contribution < -0.4 is 4.90 Å². The Kier molecular flexibility index (Phi) is 9.57. The molecule has 0 aliphatic rings. The molecule has 62 heavy (non-hydrogen) atoms. The molecule has 0 bridgehead atoms. The average Bonchev–Trinajstić information content (AvgIpc) is 3.73. The van der Waals surface area contributed by atoms with Crippen molar-refractivity contribution in [2.75, 3.05) is 4.90 Å². The van der Waals surface area contributed by atoms with Crippen LogP contribution in [-0.2, 0) is 0 Å². The minimum atomic E-state index is 0.868. The topological polar surface area (TPSA) is 16.4 Å². The van der Waals surface area contributed by atoms with Gasteiger partial charge in [0.25, 0.3) is 0 Å². The minimum Gasteiger partial charge on any atom is -0.456 e. The molecule has 1 aromatic heterocycles. The van der Waals surface area contributed by atoms with E-state index in [9.17, 15) is 0 Å². The molecule has 0 saturated carbocycles. The predicted octanol–water partition coefficient (Wildman–Crippen LogP) is 17.1. The molecule has 0 aliphatic carbocycles. The van der Waals surface area contributed by atoms with Crippen molar-refractivity contribution in [3.63, 3.8) is 0 Å². The Balaban J connectivity index is 1.11. The number of furan rings is 1. The van der Waals surface area contributed by atoms with E-state index in [0.717, 1.165) is 55.7 Å². The fourth-order valence-corrected chi connectivity index (χ4v) is 8.96. The van der Waals surface area contributed by atoms with E-state index in [2.05, 4.69) is 241 Å². The third-order valence-electron chi connectivity index (χ3n) is 11.9. The van der Waals surface area contributed by atoms with E-state index in [4.69, 9.17) is 4.42 Å². The molecule has 0 fully saturated rings. The van der Waals surface area contributed by atoms with Gasteiger partial charge in [-0.3, -0.25) is 0 Å². The average molecular weight is 792 g/mol. The lowest BCUT2D eigenvalue weighted by molar-refractivity contribution is 0.669. The summed E-state index contributed by atoms with van der Waals surface area (Å²) in [5, 5.41) is 2.18. The van der Waals surface area contributed by atoms with E-state index in [-0.39, 0.29) is 0 Å². The number of nitrogens with zero attached hydrogens (tertiary/aromatic N) is 1. The lowest BCUT2D eigenvalue weighted by Crippen LogP contribution is -2.11. The van der Waals surface area contributed by atoms with Gasteiger partial charge in [0.05, 0.1) is 5.69 Å². The molecule has 0 radical (unpaired) electrons. The number of anilines is 3. The van der Waals surface area contributed by atoms with Crippen molar-refractivity contribution in [3.05, 3.63) is 249 Å². The van der Waals surface area contributed by atoms with E-state index in [1.807, 2.05) is 12.1 Å². The monoisotopic (exact) mass is 791 g/mol. The smallest absolute Gasteiger partial charge is 0.135 e. The van der Waals surface area contributed by atoms with E-state index in [1.54, 1.807) is 0 Å². The molecular weight excluding hydrogens is 751 g/mol. The van der Waals surface area contributed by atoms with Crippen molar-refractivity contribution in [1.29, 1.82) is 0 Å². The van der Waals surface area contributed by atoms with Crippen LogP contribution >= 0.6 is 0 Å². The van der Waals surface area contributed by atoms with Crippen molar-refractivity contribution in [1.82, 2.24) is 0 Å². The van der Waals surface area contributed by atoms with Gasteiger partial charge in [-0.15, -0.1) is 0 Å². The number of fused-ring (bicyclic) bond motifs is 3. The maximum Gasteiger partial charge on any atom is 0.135 e. The summed E-state index contributed by atoms with van der Waals surface area (Å²) in [7, 11) is 0. The van der Waals surface area contributed by atoms with Gasteiger partial charge in [0.2, 0.25) is 0 Å². The molecule has 2 nitrogen and oxygen atoms in total. The molecule has 0 N–H and O–H groups in total. The molecule has 292 valence electrons. The van der Waals surface area contributed by atoms with Gasteiger partial charge in [0, 0.05) is 27.7 Å². The first-order valence-electron chi connectivity index (χ1n) is 21.2. The van der Waals surface area contributed by atoms with Crippen LogP contribution in [0.2, 0.25) is 0 Å². The van der Waals surface area contributed by atoms with Crippen LogP contribution in [0.3, 0.4) is 0 Å². The van der Waals surface area contributed by atoms with Crippen LogP contribution in [0.4, 0.5) is 17.1 Å². The lowest BCUT2D eigenvalue weighted by atomic mass is 9.84. The van der Waals surface area contributed by atoms with Gasteiger partial charge in [-0.05, 0) is 104 Å². The highest BCUT2D eigenvalue weighted by Crippen LogP contribution is 2.49. The standard InChI is InChI=1S/C60H41NO/c1-4-17-42(18-5-1)43-31-33-44(34-32-43)45-35-37-48(38-36-45)61(49-39-40-59-56(41-49)53-25-13-15-30-58(53)62-59)57-29-14-12-24-52(57)55-28-16-27-51(47-21-8-3-9-22-47)60(55)54-26-11-10-23-50(54)46-19-6-2-7-20-46/h1-41H. The normalized spacial score (nSPS) is 11.2. The number of rotatable bonds is 9. The van der Waals surface area contributed by atoms with E-state index >= 15 is 0 Å². The highest BCUT2D eigenvalue weighted by molar-refractivity contribution is 6.07. The van der Waals surface area contributed by atoms with Gasteiger partial charge in [0.15, 0.2) is 0 Å². The second-order valence-electron chi connectivity index (χ2n) is 15.6. The van der Waals surface area contributed by atoms with E-state index in [0.29, 0.717) is 0 Å². The quantitative estimate of drug-likeness (QED) is 0.145. The largest absolute Gasteiger partial charge is 0.456 e. The summed E-state index contributed by atoms with van der Waals surface area (Å²) in [5.41, 5.74) is 19.1. The maximum atomic E-state index is 6.34. The van der Waals surface area contributed by atoms with Crippen LogP contribution in [0, 0.1) is 0 Å². The molecule has 1 heterocycles. The fraction of sp³-hybridized carbons (Fsp3) is 0. The first-order chi connectivity index (χ1) is 30.8. The summed E-state index contributed by atoms with van der Waals surface area (Å²) in [6, 6.07) is 89.2. The molecule has 2 heteroatoms. The Labute approximate surface area is 362 Å². The van der Waals surface area contributed by atoms with Crippen LogP contribution in [-0.4, -0.2) is 0 Å². The first-order valence-corrected chi connectivity index (χ1v) is 21.2. The van der Waals surface area contributed by atoms with Gasteiger partial charge in [-0.25, -0.2) is 0 Å². The zero-order chi connectivity index (χ0) is 41.2. The van der Waals surface area contributed by atoms with E-state index < -0.39 is 0 Å². The van der Waals surface area contributed by atoms with Crippen molar-refractivity contribution < 1.29 is 4.42 Å². The molecule has 0 spiro atoms. The number of para-hydroxylation sites is 2. The number of hydrogen-bond acceptors (Lipinski definition) is 2. The van der Waals surface area contributed by atoms with Crippen molar-refractivity contribution >= 4 is 39.0 Å². The van der Waals surface area contributed by atoms with E-state index in [1.165, 1.54) is 50.1 Å². The van der Waals surface area contributed by atoms with Gasteiger partial charge >= 0.3 is 0 Å². The van der Waals surface area contributed by atoms with Crippen LogP contribution in [0.5, 0.6) is 0 Å². The molecule has 0 atom stereocenters. The molecule has 0 amide bonds. The summed E-state index contributed by atoms with van der Waals surface area (Å²) in [4.78, 5) is 2.40. The van der Waals surface area contributed by atoms with Gasteiger partial charge < -0.3 is 9.32 Å². The SMILES string of the molecule is c1ccc(-c2ccc(-c3ccc(N(c4ccc5oc6ccccc6c5c4)c4ccccc4-c4cccc(-c5ccccc5)c4-c4ccccc4-c4ccccc4)cc3)cc2)cc1. The van der Waals surface area contributed by atoms with Gasteiger partial charge in [-0.1, -0.05) is 206 Å². The van der Waals surface area contributed by atoms with Gasteiger partial charge in [0.1, 0.15) is 11.2 Å². The summed E-state index contributed by atoms with van der Waals surface area (Å²) >= 11 is 0. The summed E-state index contributed by atoms with van der Waals surface area (Å²) in [5.74, 6) is 0. The Bertz CT molecular complexity index is 3310. The Hall–Kier alpha value is -8.20. The second-order valence-corrected chi connectivity index (χ2v) is 15.6. The molecule has 0 aliphatic heterocycles. The summed E-state index contributed by atoms with van der Waals surface area (Å²) in [6.07, 6.45) is 0. The Morgan fingerprint density at radius 2 is 0.710 bits per heavy atom. The highest BCUT2D eigenvalue weighted by Gasteiger charge is 2.23. The molecule has 11 rings (SSSR count). The third-order valence-corrected chi connectivity index (χ3v) is 11.9. The third kappa shape index (κ3) is 6.84. The molecular formula is C60H41NO. The fourth-order valence-electron chi connectivity index (χ4n) is 8.96. The van der Waals surface area contributed by atoms with Crippen molar-refractivity contribution in [2.45, 2.75) is 0 Å². The summed E-state index contributed by atoms with van der Waals surface area (Å²) < 4.78 is 6.34. The van der Waals surface area contributed by atoms with Crippen LogP contribution in [0.15, 0.2) is 253 Å². The van der Waals surface area contributed by atoms with Crippen LogP contribution in [0.1, 0.15) is 0 Å². The molecule has 0 saturated heterocycles. The zero-order valence-electron chi connectivity index (χ0n) is 34.0. The second kappa shape index (κ2) is 16.1. The highest BCUT2D eigenvalue weighted by atomic mass is 16.3. The zero-order valence-corrected chi connectivity index (χ0v) is 34.0. The summed E-state index contributed by atoms with van der Waals surface area (Å²) in [6.45, 7) is 0. The van der Waals surface area contributed by atoms with Crippen LogP contribution in [0.25, 0.3) is 88.7 Å². The number of hydrogen-bond donors (Lipinski definition) is 0. The van der Waals surface area contributed by atoms with Crippen molar-refractivity contribution in [2.24, 2.45) is 0 Å². The lowest BCUT2D eigenvalue weighted by Gasteiger charge is -2.29.